The predicted octanol–water partition coefficient (Wildman–Crippen LogP) is 2.62. The molecule has 2 aromatic heterocycles. The summed E-state index contributed by atoms with van der Waals surface area (Å²) < 4.78 is 7.19. The molecule has 0 amide bonds. The topological polar surface area (TPSA) is 73.1 Å². The molecular weight excluding hydrogens is 384 g/mol. The van der Waals surface area contributed by atoms with Gasteiger partial charge in [-0.05, 0) is 37.9 Å². The number of hydrogen-bond acceptors (Lipinski definition) is 6. The molecule has 96 valence electrons. The van der Waals surface area contributed by atoms with Crippen molar-refractivity contribution in [3.63, 3.8) is 0 Å². The lowest BCUT2D eigenvalue weighted by Gasteiger charge is -2.16. The number of methoxy groups -OCH3 is 1. The maximum atomic E-state index is 5.63. The number of nitrogens with one attached hydrogen (secondary N) is 1. The molecule has 2 heterocycles. The number of halogens is 2. The van der Waals surface area contributed by atoms with E-state index in [-0.39, 0.29) is 6.04 Å². The first-order valence-corrected chi connectivity index (χ1v) is 7.33. The fraction of sp³-hybridized carbons (Fsp3) is 0.200. The summed E-state index contributed by atoms with van der Waals surface area (Å²) in [6.45, 7) is 0. The van der Waals surface area contributed by atoms with Crippen molar-refractivity contribution in [2.75, 3.05) is 7.11 Å². The van der Waals surface area contributed by atoms with Crippen molar-refractivity contribution < 1.29 is 4.74 Å². The monoisotopic (exact) mass is 392 g/mol. The van der Waals surface area contributed by atoms with Crippen molar-refractivity contribution in [2.24, 2.45) is 5.84 Å². The van der Waals surface area contributed by atoms with Crippen molar-refractivity contribution in [3.05, 3.63) is 37.3 Å². The molecule has 0 saturated heterocycles. The van der Waals surface area contributed by atoms with Crippen LogP contribution in [0.4, 0.5) is 0 Å². The minimum absolute atomic E-state index is 0.287. The lowest BCUT2D eigenvalue weighted by Crippen LogP contribution is -2.30. The van der Waals surface area contributed by atoms with Gasteiger partial charge in [-0.1, -0.05) is 0 Å². The second kappa shape index (κ2) is 6.07. The summed E-state index contributed by atoms with van der Waals surface area (Å²) in [5.41, 5.74) is 4.36. The Bertz CT molecular complexity index is 548. The number of nitrogens with zero attached hydrogens (tertiary/aromatic N) is 2. The standard InChI is InChI=1S/C10H10Br2N4OS/c1-17-10-8(14-2-3-15-10)7(16-13)5-4-6(11)18-9(5)12/h2-4,7,16H,13H2,1H3. The highest BCUT2D eigenvalue weighted by molar-refractivity contribution is 9.12. The van der Waals surface area contributed by atoms with E-state index in [1.54, 1.807) is 30.8 Å². The Morgan fingerprint density at radius 1 is 1.39 bits per heavy atom. The molecule has 0 radical (unpaired) electrons. The normalized spacial score (nSPS) is 12.4. The number of ether oxygens (including phenoxy) is 1. The molecule has 2 aromatic rings. The van der Waals surface area contributed by atoms with Crippen LogP contribution in [0, 0.1) is 0 Å². The SMILES string of the molecule is COc1nccnc1C(NN)c1cc(Br)sc1Br. The van der Waals surface area contributed by atoms with E-state index in [1.165, 1.54) is 0 Å². The molecule has 0 saturated carbocycles. The summed E-state index contributed by atoms with van der Waals surface area (Å²) in [5, 5.41) is 0. The average Bonchev–Trinajstić information content (AvgIpc) is 2.70. The molecule has 1 unspecified atom stereocenters. The number of rotatable bonds is 4. The van der Waals surface area contributed by atoms with E-state index in [0.717, 1.165) is 13.1 Å². The maximum Gasteiger partial charge on any atom is 0.237 e. The number of hydrazine groups is 1. The second-order valence-electron chi connectivity index (χ2n) is 3.33. The third-order valence-corrected chi connectivity index (χ3v) is 4.70. The lowest BCUT2D eigenvalue weighted by atomic mass is 10.1. The van der Waals surface area contributed by atoms with E-state index in [4.69, 9.17) is 10.6 Å². The molecule has 5 nitrogen and oxygen atoms in total. The third kappa shape index (κ3) is 2.72. The Balaban J connectivity index is 2.48. The Hall–Kier alpha value is -0.540. The minimum Gasteiger partial charge on any atom is -0.480 e. The molecule has 2 rings (SSSR count). The van der Waals surface area contributed by atoms with Crippen LogP contribution >= 0.6 is 43.2 Å². The predicted molar refractivity (Wildman–Crippen MR) is 77.5 cm³/mol. The minimum atomic E-state index is -0.287. The highest BCUT2D eigenvalue weighted by Crippen LogP contribution is 2.38. The highest BCUT2D eigenvalue weighted by Gasteiger charge is 2.23. The van der Waals surface area contributed by atoms with Crippen LogP contribution in [0.5, 0.6) is 5.88 Å². The number of thiophene rings is 1. The van der Waals surface area contributed by atoms with E-state index in [1.807, 2.05) is 6.07 Å². The van der Waals surface area contributed by atoms with Gasteiger partial charge in [-0.2, -0.15) is 0 Å². The molecule has 0 aliphatic carbocycles. The largest absolute Gasteiger partial charge is 0.480 e. The van der Waals surface area contributed by atoms with Gasteiger partial charge in [0.1, 0.15) is 5.69 Å². The van der Waals surface area contributed by atoms with Crippen LogP contribution in [0.15, 0.2) is 26.0 Å². The third-order valence-electron chi connectivity index (χ3n) is 2.32. The first-order valence-electron chi connectivity index (χ1n) is 4.93. The molecule has 3 N–H and O–H groups in total. The number of aromatic nitrogens is 2. The Morgan fingerprint density at radius 3 is 2.67 bits per heavy atom. The maximum absolute atomic E-state index is 5.63. The van der Waals surface area contributed by atoms with Crippen LogP contribution in [-0.2, 0) is 0 Å². The van der Waals surface area contributed by atoms with Crippen LogP contribution in [-0.4, -0.2) is 17.1 Å². The zero-order valence-corrected chi connectivity index (χ0v) is 13.3. The van der Waals surface area contributed by atoms with Crippen LogP contribution in [0.2, 0.25) is 0 Å². The van der Waals surface area contributed by atoms with Gasteiger partial charge in [0.15, 0.2) is 0 Å². The zero-order valence-electron chi connectivity index (χ0n) is 9.35. The number of nitrogens with two attached hydrogens (primary N) is 1. The summed E-state index contributed by atoms with van der Waals surface area (Å²) in [6.07, 6.45) is 3.19. The molecule has 0 bridgehead atoms. The van der Waals surface area contributed by atoms with Crippen LogP contribution < -0.4 is 16.0 Å². The summed E-state index contributed by atoms with van der Waals surface area (Å²) in [5.74, 6) is 6.09. The molecule has 18 heavy (non-hydrogen) atoms. The van der Waals surface area contributed by atoms with Gasteiger partial charge in [-0.25, -0.2) is 10.4 Å². The van der Waals surface area contributed by atoms with Crippen LogP contribution in [0.25, 0.3) is 0 Å². The van der Waals surface area contributed by atoms with Crippen molar-refractivity contribution in [1.82, 2.24) is 15.4 Å². The lowest BCUT2D eigenvalue weighted by molar-refractivity contribution is 0.383. The summed E-state index contributed by atoms with van der Waals surface area (Å²) >= 11 is 8.52. The molecular formula is C10H10Br2N4OS. The van der Waals surface area contributed by atoms with Crippen molar-refractivity contribution in [1.29, 1.82) is 0 Å². The Kier molecular flexibility index (Phi) is 4.68. The Labute approximate surface area is 125 Å². The van der Waals surface area contributed by atoms with E-state index >= 15 is 0 Å². The highest BCUT2D eigenvalue weighted by atomic mass is 79.9. The van der Waals surface area contributed by atoms with Crippen molar-refractivity contribution in [3.8, 4) is 5.88 Å². The van der Waals surface area contributed by atoms with Gasteiger partial charge >= 0.3 is 0 Å². The molecule has 0 aromatic carbocycles. The van der Waals surface area contributed by atoms with E-state index in [9.17, 15) is 0 Å². The smallest absolute Gasteiger partial charge is 0.237 e. The van der Waals surface area contributed by atoms with Gasteiger partial charge in [0.25, 0.3) is 0 Å². The number of hydrogen-bond donors (Lipinski definition) is 2. The van der Waals surface area contributed by atoms with Gasteiger partial charge in [0.2, 0.25) is 5.88 Å². The summed E-state index contributed by atoms with van der Waals surface area (Å²) in [4.78, 5) is 8.41. The summed E-state index contributed by atoms with van der Waals surface area (Å²) in [6, 6.07) is 1.69. The van der Waals surface area contributed by atoms with Gasteiger partial charge in [0.05, 0.1) is 20.7 Å². The summed E-state index contributed by atoms with van der Waals surface area (Å²) in [7, 11) is 1.56. The molecule has 8 heteroatoms. The van der Waals surface area contributed by atoms with E-state index in [2.05, 4.69) is 47.3 Å². The fourth-order valence-corrected chi connectivity index (χ4v) is 4.46. The van der Waals surface area contributed by atoms with Gasteiger partial charge in [0, 0.05) is 18.0 Å². The van der Waals surface area contributed by atoms with Crippen LogP contribution in [0.3, 0.4) is 0 Å². The quantitative estimate of drug-likeness (QED) is 0.617. The van der Waals surface area contributed by atoms with Crippen molar-refractivity contribution >= 4 is 43.2 Å². The van der Waals surface area contributed by atoms with Gasteiger partial charge in [-0.3, -0.25) is 10.8 Å². The first kappa shape index (κ1) is 13.9. The Morgan fingerprint density at radius 2 is 2.11 bits per heavy atom. The molecule has 0 aliphatic rings. The van der Waals surface area contributed by atoms with E-state index < -0.39 is 0 Å². The van der Waals surface area contributed by atoms with Gasteiger partial charge in [-0.15, -0.1) is 11.3 Å². The average molecular weight is 394 g/mol. The van der Waals surface area contributed by atoms with Crippen LogP contribution in [0.1, 0.15) is 17.3 Å². The second-order valence-corrected chi connectivity index (χ2v) is 7.08. The molecule has 0 spiro atoms. The molecule has 1 atom stereocenters. The zero-order chi connectivity index (χ0) is 13.1. The van der Waals surface area contributed by atoms with Gasteiger partial charge < -0.3 is 4.74 Å². The molecule has 0 aliphatic heterocycles. The molecule has 0 fully saturated rings. The van der Waals surface area contributed by atoms with E-state index in [0.29, 0.717) is 11.6 Å². The fourth-order valence-electron chi connectivity index (χ4n) is 1.56. The first-order chi connectivity index (χ1) is 8.67. The van der Waals surface area contributed by atoms with Crippen molar-refractivity contribution in [2.45, 2.75) is 6.04 Å².